The van der Waals surface area contributed by atoms with Crippen LogP contribution in [0.5, 0.6) is 5.75 Å². The number of non-ortho nitro benzene ring substituents is 1. The summed E-state index contributed by atoms with van der Waals surface area (Å²) < 4.78 is 5.26. The Morgan fingerprint density at radius 3 is 2.65 bits per heavy atom. The number of Topliss-reactive ketones (excluding diaryl/α,β-unsaturated/α-hetero) is 1. The summed E-state index contributed by atoms with van der Waals surface area (Å²) in [6.45, 7) is -0.231. The second kappa shape index (κ2) is 6.16. The number of hydrogen-bond donors (Lipinski definition) is 0. The van der Waals surface area contributed by atoms with Crippen LogP contribution in [0.25, 0.3) is 0 Å². The van der Waals surface area contributed by atoms with Crippen molar-refractivity contribution in [2.75, 3.05) is 6.61 Å². The van der Waals surface area contributed by atoms with E-state index in [-0.39, 0.29) is 23.8 Å². The van der Waals surface area contributed by atoms with Crippen molar-refractivity contribution in [2.24, 2.45) is 0 Å². The molecule has 0 fully saturated rings. The van der Waals surface area contributed by atoms with E-state index in [9.17, 15) is 14.9 Å². The molecule has 0 aliphatic carbocycles. The van der Waals surface area contributed by atoms with Gasteiger partial charge < -0.3 is 4.74 Å². The summed E-state index contributed by atoms with van der Waals surface area (Å²) in [5.74, 6) is -0.0262. The largest absolute Gasteiger partial charge is 0.485 e. The van der Waals surface area contributed by atoms with Crippen LogP contribution in [0, 0.1) is 10.1 Å². The molecule has 0 heterocycles. The van der Waals surface area contributed by atoms with Gasteiger partial charge >= 0.3 is 0 Å². The van der Waals surface area contributed by atoms with Crippen molar-refractivity contribution in [3.8, 4) is 5.75 Å². The zero-order valence-corrected chi connectivity index (χ0v) is 11.0. The molecule has 0 saturated carbocycles. The van der Waals surface area contributed by atoms with Crippen LogP contribution in [0.3, 0.4) is 0 Å². The van der Waals surface area contributed by atoms with Gasteiger partial charge in [-0.2, -0.15) is 0 Å². The number of carbonyl (C=O) groups is 1. The van der Waals surface area contributed by atoms with Gasteiger partial charge in [-0.1, -0.05) is 29.8 Å². The maximum absolute atomic E-state index is 11.9. The Bertz CT molecular complexity index is 657. The fourth-order valence-corrected chi connectivity index (χ4v) is 1.84. The van der Waals surface area contributed by atoms with Crippen molar-refractivity contribution in [1.82, 2.24) is 0 Å². The number of hydrogen-bond acceptors (Lipinski definition) is 4. The zero-order valence-electron chi connectivity index (χ0n) is 10.3. The third-order valence-electron chi connectivity index (χ3n) is 2.57. The van der Waals surface area contributed by atoms with Gasteiger partial charge in [-0.3, -0.25) is 14.9 Å². The smallest absolute Gasteiger partial charge is 0.273 e. The maximum atomic E-state index is 11.9. The highest BCUT2D eigenvalue weighted by atomic mass is 35.5. The van der Waals surface area contributed by atoms with E-state index in [1.807, 2.05) is 0 Å². The van der Waals surface area contributed by atoms with E-state index in [0.29, 0.717) is 10.6 Å². The predicted octanol–water partition coefficient (Wildman–Crippen LogP) is 3.51. The Hall–Kier alpha value is -2.40. The van der Waals surface area contributed by atoms with Crippen molar-refractivity contribution in [1.29, 1.82) is 0 Å². The van der Waals surface area contributed by atoms with Gasteiger partial charge in [0.25, 0.3) is 5.69 Å². The van der Waals surface area contributed by atoms with Gasteiger partial charge in [0, 0.05) is 11.6 Å². The van der Waals surface area contributed by atoms with E-state index < -0.39 is 4.92 Å². The molecule has 5 nitrogen and oxygen atoms in total. The van der Waals surface area contributed by atoms with Gasteiger partial charge in [-0.05, 0) is 18.2 Å². The lowest BCUT2D eigenvalue weighted by atomic mass is 10.1. The first-order valence-electron chi connectivity index (χ1n) is 5.73. The monoisotopic (exact) mass is 291 g/mol. The molecule has 0 amide bonds. The van der Waals surface area contributed by atoms with Gasteiger partial charge in [-0.25, -0.2) is 0 Å². The molecule has 0 saturated heterocycles. The van der Waals surface area contributed by atoms with Crippen LogP contribution >= 0.6 is 11.6 Å². The van der Waals surface area contributed by atoms with Crippen LogP contribution < -0.4 is 4.74 Å². The second-order valence-corrected chi connectivity index (χ2v) is 4.35. The number of benzene rings is 2. The summed E-state index contributed by atoms with van der Waals surface area (Å²) >= 11 is 5.90. The molecule has 0 bridgehead atoms. The number of rotatable bonds is 5. The summed E-state index contributed by atoms with van der Waals surface area (Å²) in [6, 6.07) is 12.3. The van der Waals surface area contributed by atoms with Crippen LogP contribution in [-0.4, -0.2) is 17.3 Å². The molecule has 0 aliphatic rings. The molecule has 0 N–H and O–H groups in total. The van der Waals surface area contributed by atoms with Crippen molar-refractivity contribution in [3.05, 3.63) is 69.2 Å². The quantitative estimate of drug-likeness (QED) is 0.480. The summed E-state index contributed by atoms with van der Waals surface area (Å²) in [7, 11) is 0. The number of ether oxygens (including phenoxy) is 1. The lowest BCUT2D eigenvalue weighted by molar-refractivity contribution is -0.384. The van der Waals surface area contributed by atoms with Crippen molar-refractivity contribution >= 4 is 23.1 Å². The van der Waals surface area contributed by atoms with E-state index in [1.165, 1.54) is 18.2 Å². The van der Waals surface area contributed by atoms with Gasteiger partial charge in [0.2, 0.25) is 5.78 Å². The minimum Gasteiger partial charge on any atom is -0.485 e. The number of nitrogens with zero attached hydrogens (tertiary/aromatic N) is 1. The summed E-state index contributed by atoms with van der Waals surface area (Å²) in [5.41, 5.74) is 0.271. The number of ketones is 1. The third-order valence-corrected chi connectivity index (χ3v) is 2.90. The van der Waals surface area contributed by atoms with Crippen molar-refractivity contribution in [2.45, 2.75) is 0 Å². The predicted molar refractivity (Wildman–Crippen MR) is 74.4 cm³/mol. The molecule has 0 radical (unpaired) electrons. The highest BCUT2D eigenvalue weighted by Crippen LogP contribution is 2.20. The Morgan fingerprint density at radius 2 is 1.95 bits per heavy atom. The molecule has 0 unspecified atom stereocenters. The summed E-state index contributed by atoms with van der Waals surface area (Å²) in [6.07, 6.45) is 0. The van der Waals surface area contributed by atoms with Crippen LogP contribution in [0.2, 0.25) is 5.02 Å². The molecule has 20 heavy (non-hydrogen) atoms. The Balaban J connectivity index is 2.06. The van der Waals surface area contributed by atoms with Gasteiger partial charge in [-0.15, -0.1) is 0 Å². The first kappa shape index (κ1) is 14.0. The Kier molecular flexibility index (Phi) is 4.32. The third kappa shape index (κ3) is 3.33. The molecule has 0 aromatic heterocycles. The Morgan fingerprint density at radius 1 is 1.20 bits per heavy atom. The van der Waals surface area contributed by atoms with E-state index in [4.69, 9.17) is 16.3 Å². The average Bonchev–Trinajstić information content (AvgIpc) is 2.45. The fraction of sp³-hybridized carbons (Fsp3) is 0.0714. The molecule has 0 aliphatic heterocycles. The lowest BCUT2D eigenvalue weighted by Gasteiger charge is -2.06. The van der Waals surface area contributed by atoms with Crippen LogP contribution in [0.4, 0.5) is 5.69 Å². The zero-order chi connectivity index (χ0) is 14.5. The molecule has 6 heteroatoms. The minimum atomic E-state index is -0.525. The van der Waals surface area contributed by atoms with Crippen LogP contribution in [0.15, 0.2) is 48.5 Å². The molecular weight excluding hydrogens is 282 g/mol. The van der Waals surface area contributed by atoms with Gasteiger partial charge in [0.15, 0.2) is 6.61 Å². The summed E-state index contributed by atoms with van der Waals surface area (Å²) in [5, 5.41) is 11.0. The van der Waals surface area contributed by atoms with E-state index in [0.717, 1.165) is 0 Å². The maximum Gasteiger partial charge on any atom is 0.273 e. The van der Waals surface area contributed by atoms with Gasteiger partial charge in [0.05, 0.1) is 16.0 Å². The number of nitro benzene ring substituents is 1. The molecule has 102 valence electrons. The van der Waals surface area contributed by atoms with Crippen LogP contribution in [0.1, 0.15) is 10.4 Å². The Labute approximate surface area is 119 Å². The summed E-state index contributed by atoms with van der Waals surface area (Å²) in [4.78, 5) is 22.0. The number of nitro groups is 1. The van der Waals surface area contributed by atoms with Crippen molar-refractivity contribution < 1.29 is 14.5 Å². The van der Waals surface area contributed by atoms with Crippen molar-refractivity contribution in [3.63, 3.8) is 0 Å². The minimum absolute atomic E-state index is 0.0901. The molecule has 0 atom stereocenters. The normalized spacial score (nSPS) is 10.1. The van der Waals surface area contributed by atoms with E-state index in [1.54, 1.807) is 30.3 Å². The van der Waals surface area contributed by atoms with E-state index in [2.05, 4.69) is 0 Å². The lowest BCUT2D eigenvalue weighted by Crippen LogP contribution is -2.12. The van der Waals surface area contributed by atoms with Crippen LogP contribution in [-0.2, 0) is 0 Å². The topological polar surface area (TPSA) is 69.4 Å². The standard InChI is InChI=1S/C14H10ClNO4/c15-13-7-2-1-6-12(13)14(17)9-20-11-5-3-4-10(8-11)16(18)19/h1-8H,9H2. The SMILES string of the molecule is O=C(COc1cccc([N+](=O)[O-])c1)c1ccccc1Cl. The fourth-order valence-electron chi connectivity index (χ4n) is 1.60. The molecule has 2 aromatic carbocycles. The molecule has 0 spiro atoms. The average molecular weight is 292 g/mol. The highest BCUT2D eigenvalue weighted by molar-refractivity contribution is 6.34. The first-order valence-corrected chi connectivity index (χ1v) is 6.10. The van der Waals surface area contributed by atoms with Gasteiger partial charge in [0.1, 0.15) is 5.75 Å². The molecule has 2 aromatic rings. The highest BCUT2D eigenvalue weighted by Gasteiger charge is 2.12. The molecular formula is C14H10ClNO4. The first-order chi connectivity index (χ1) is 9.58. The second-order valence-electron chi connectivity index (χ2n) is 3.95. The molecule has 2 rings (SSSR count). The number of carbonyl (C=O) groups excluding carboxylic acids is 1. The van der Waals surface area contributed by atoms with E-state index >= 15 is 0 Å². The number of halogens is 1.